The maximum absolute atomic E-state index is 4.30. The molecule has 1 aromatic rings. The summed E-state index contributed by atoms with van der Waals surface area (Å²) >= 11 is 3.47. The van der Waals surface area contributed by atoms with Crippen LogP contribution in [0.25, 0.3) is 0 Å². The van der Waals surface area contributed by atoms with Crippen LogP contribution in [0.2, 0.25) is 0 Å². The van der Waals surface area contributed by atoms with Gasteiger partial charge in [-0.25, -0.2) is 0 Å². The Morgan fingerprint density at radius 2 is 2.00 bits per heavy atom. The van der Waals surface area contributed by atoms with E-state index in [2.05, 4.69) is 41.7 Å². The lowest BCUT2D eigenvalue weighted by atomic mass is 9.92. The van der Waals surface area contributed by atoms with E-state index in [0.29, 0.717) is 0 Å². The van der Waals surface area contributed by atoms with Crippen LogP contribution in [0.15, 0.2) is 22.8 Å². The lowest BCUT2D eigenvalue weighted by Crippen LogP contribution is -2.13. The summed E-state index contributed by atoms with van der Waals surface area (Å²) in [5.41, 5.74) is 1.24. The molecule has 0 amide bonds. The van der Waals surface area contributed by atoms with Gasteiger partial charge in [0.25, 0.3) is 0 Å². The Labute approximate surface area is 76.0 Å². The van der Waals surface area contributed by atoms with E-state index < -0.39 is 0 Å². The summed E-state index contributed by atoms with van der Waals surface area (Å²) in [6.45, 7) is 6.46. The van der Waals surface area contributed by atoms with Crippen molar-refractivity contribution in [3.8, 4) is 0 Å². The normalized spacial score (nSPS) is 11.6. The highest BCUT2D eigenvalue weighted by atomic mass is 79.9. The molecule has 0 atom stereocenters. The number of halogens is 1. The predicted octanol–water partition coefficient (Wildman–Crippen LogP) is 3.14. The Morgan fingerprint density at radius 1 is 1.36 bits per heavy atom. The second-order valence-corrected chi connectivity index (χ2v) is 4.44. The Hall–Kier alpha value is -0.370. The Balaban J connectivity index is 3.14. The Kier molecular flexibility index (Phi) is 2.33. The third-order valence-corrected chi connectivity index (χ3v) is 2.11. The summed E-state index contributed by atoms with van der Waals surface area (Å²) in [6.07, 6.45) is 1.82. The van der Waals surface area contributed by atoms with Gasteiger partial charge < -0.3 is 0 Å². The first-order valence-electron chi connectivity index (χ1n) is 3.63. The maximum atomic E-state index is 4.30. The molecule has 0 spiro atoms. The van der Waals surface area contributed by atoms with Gasteiger partial charge in [0.15, 0.2) is 0 Å². The average molecular weight is 214 g/mol. The van der Waals surface area contributed by atoms with Crippen LogP contribution in [0.4, 0.5) is 0 Å². The molecule has 0 saturated carbocycles. The zero-order valence-corrected chi connectivity index (χ0v) is 8.64. The molecule has 1 rings (SSSR count). The van der Waals surface area contributed by atoms with Crippen molar-refractivity contribution >= 4 is 15.9 Å². The van der Waals surface area contributed by atoms with Gasteiger partial charge in [0.05, 0.1) is 5.69 Å². The van der Waals surface area contributed by atoms with E-state index in [1.54, 1.807) is 0 Å². The smallest absolute Gasteiger partial charge is 0.0598 e. The van der Waals surface area contributed by atoms with Crippen molar-refractivity contribution in [2.45, 2.75) is 26.2 Å². The minimum absolute atomic E-state index is 0.125. The third kappa shape index (κ3) is 2.03. The van der Waals surface area contributed by atoms with Crippen molar-refractivity contribution in [3.05, 3.63) is 28.5 Å². The molecule has 0 saturated heterocycles. The predicted molar refractivity (Wildman–Crippen MR) is 50.6 cm³/mol. The summed E-state index contributed by atoms with van der Waals surface area (Å²) < 4.78 is 1.09. The number of aromatic nitrogens is 1. The second kappa shape index (κ2) is 2.94. The standard InChI is InChI=1S/C9H12BrN/c1-9(2,3)8-7(10)5-4-6-11-8/h4-6H,1-3H3. The van der Waals surface area contributed by atoms with Gasteiger partial charge in [-0.05, 0) is 28.1 Å². The monoisotopic (exact) mass is 213 g/mol. The largest absolute Gasteiger partial charge is 0.260 e. The lowest BCUT2D eigenvalue weighted by molar-refractivity contribution is 0.565. The molecule has 1 aromatic heterocycles. The van der Waals surface area contributed by atoms with Crippen molar-refractivity contribution in [1.29, 1.82) is 0 Å². The maximum Gasteiger partial charge on any atom is 0.0598 e. The Morgan fingerprint density at radius 3 is 2.36 bits per heavy atom. The first-order valence-corrected chi connectivity index (χ1v) is 4.42. The molecule has 0 aromatic carbocycles. The zero-order valence-electron chi connectivity index (χ0n) is 7.06. The molecule has 0 aliphatic carbocycles. The molecule has 1 nitrogen and oxygen atoms in total. The molecule has 0 fully saturated rings. The van der Waals surface area contributed by atoms with Crippen LogP contribution in [-0.2, 0) is 5.41 Å². The van der Waals surface area contributed by atoms with Gasteiger partial charge in [0, 0.05) is 16.1 Å². The fourth-order valence-corrected chi connectivity index (χ4v) is 1.79. The topological polar surface area (TPSA) is 12.9 Å². The van der Waals surface area contributed by atoms with E-state index in [1.807, 2.05) is 18.3 Å². The molecule has 0 N–H and O–H groups in total. The van der Waals surface area contributed by atoms with Crippen LogP contribution in [0.5, 0.6) is 0 Å². The van der Waals surface area contributed by atoms with E-state index in [1.165, 1.54) is 0 Å². The second-order valence-electron chi connectivity index (χ2n) is 3.58. The van der Waals surface area contributed by atoms with Gasteiger partial charge in [0.2, 0.25) is 0 Å². The van der Waals surface area contributed by atoms with E-state index in [4.69, 9.17) is 0 Å². The molecule has 0 bridgehead atoms. The van der Waals surface area contributed by atoms with Crippen LogP contribution in [-0.4, -0.2) is 4.98 Å². The van der Waals surface area contributed by atoms with Gasteiger partial charge in [-0.1, -0.05) is 20.8 Å². The van der Waals surface area contributed by atoms with Crippen molar-refractivity contribution in [2.75, 3.05) is 0 Å². The van der Waals surface area contributed by atoms with Gasteiger partial charge >= 0.3 is 0 Å². The summed E-state index contributed by atoms with van der Waals surface area (Å²) in [6, 6.07) is 3.95. The van der Waals surface area contributed by atoms with Crippen molar-refractivity contribution in [1.82, 2.24) is 4.98 Å². The van der Waals surface area contributed by atoms with Gasteiger partial charge in [0.1, 0.15) is 0 Å². The number of hydrogen-bond acceptors (Lipinski definition) is 1. The number of rotatable bonds is 0. The molecule has 0 aliphatic rings. The van der Waals surface area contributed by atoms with E-state index >= 15 is 0 Å². The molecule has 60 valence electrons. The fourth-order valence-electron chi connectivity index (χ4n) is 0.938. The highest BCUT2D eigenvalue weighted by molar-refractivity contribution is 9.10. The minimum Gasteiger partial charge on any atom is -0.260 e. The van der Waals surface area contributed by atoms with Crippen molar-refractivity contribution < 1.29 is 0 Å². The lowest BCUT2D eigenvalue weighted by Gasteiger charge is -2.18. The molecule has 0 unspecified atom stereocenters. The fraction of sp³-hybridized carbons (Fsp3) is 0.444. The summed E-state index contributed by atoms with van der Waals surface area (Å²) in [5, 5.41) is 0. The number of nitrogens with zero attached hydrogens (tertiary/aromatic N) is 1. The van der Waals surface area contributed by atoms with E-state index in [9.17, 15) is 0 Å². The van der Waals surface area contributed by atoms with Crippen LogP contribution >= 0.6 is 15.9 Å². The summed E-state index contributed by atoms with van der Waals surface area (Å²) in [7, 11) is 0. The van der Waals surface area contributed by atoms with Crippen LogP contribution in [0, 0.1) is 0 Å². The highest BCUT2D eigenvalue weighted by Gasteiger charge is 2.17. The third-order valence-electron chi connectivity index (χ3n) is 1.47. The first-order chi connectivity index (χ1) is 5.02. The van der Waals surface area contributed by atoms with E-state index in [0.717, 1.165) is 10.2 Å². The first kappa shape index (κ1) is 8.72. The highest BCUT2D eigenvalue weighted by Crippen LogP contribution is 2.26. The number of hydrogen-bond donors (Lipinski definition) is 0. The Bertz CT molecular complexity index is 250. The molecular formula is C9H12BrN. The van der Waals surface area contributed by atoms with Gasteiger partial charge in [-0.15, -0.1) is 0 Å². The van der Waals surface area contributed by atoms with Gasteiger partial charge in [-0.3, -0.25) is 4.98 Å². The molecule has 11 heavy (non-hydrogen) atoms. The van der Waals surface area contributed by atoms with Crippen LogP contribution in [0.3, 0.4) is 0 Å². The van der Waals surface area contributed by atoms with Gasteiger partial charge in [-0.2, -0.15) is 0 Å². The summed E-state index contributed by atoms with van der Waals surface area (Å²) in [4.78, 5) is 4.30. The van der Waals surface area contributed by atoms with Crippen molar-refractivity contribution in [3.63, 3.8) is 0 Å². The minimum atomic E-state index is 0.125. The van der Waals surface area contributed by atoms with Crippen molar-refractivity contribution in [2.24, 2.45) is 0 Å². The molecule has 0 aliphatic heterocycles. The average Bonchev–Trinajstić information content (AvgIpc) is 1.86. The van der Waals surface area contributed by atoms with E-state index in [-0.39, 0.29) is 5.41 Å². The SMILES string of the molecule is CC(C)(C)c1ncccc1Br. The molecule has 2 heteroatoms. The quantitative estimate of drug-likeness (QED) is 0.646. The van der Waals surface area contributed by atoms with Crippen LogP contribution in [0.1, 0.15) is 26.5 Å². The van der Waals surface area contributed by atoms with Crippen LogP contribution < -0.4 is 0 Å². The summed E-state index contributed by atoms with van der Waals surface area (Å²) in [5.74, 6) is 0. The molecule has 1 heterocycles. The molecule has 0 radical (unpaired) electrons. The molecular weight excluding hydrogens is 202 g/mol. The number of pyridine rings is 1. The zero-order chi connectivity index (χ0) is 8.48.